The van der Waals surface area contributed by atoms with Crippen molar-refractivity contribution in [3.63, 3.8) is 0 Å². The molecular formula is C10H16O. The first-order chi connectivity index (χ1) is 5.29. The van der Waals surface area contributed by atoms with E-state index in [4.69, 9.17) is 4.74 Å². The summed E-state index contributed by atoms with van der Waals surface area (Å²) in [4.78, 5) is 0. The maximum Gasteiger partial charge on any atom is 0.0503 e. The summed E-state index contributed by atoms with van der Waals surface area (Å²) in [5.41, 5.74) is 0. The monoisotopic (exact) mass is 152 g/mol. The highest BCUT2D eigenvalue weighted by atomic mass is 16.5. The molecule has 2 rings (SSSR count). The molecular weight excluding hydrogens is 136 g/mol. The first-order valence-electron chi connectivity index (χ1n) is 4.55. The van der Waals surface area contributed by atoms with Crippen LogP contribution in [-0.2, 0) is 4.74 Å². The second-order valence-electron chi connectivity index (χ2n) is 3.97. The minimum absolute atomic E-state index is 0.735. The molecule has 0 unspecified atom stereocenters. The third-order valence-electron chi connectivity index (χ3n) is 3.24. The smallest absolute Gasteiger partial charge is 0.0503 e. The van der Waals surface area contributed by atoms with Gasteiger partial charge in [0.15, 0.2) is 0 Å². The van der Waals surface area contributed by atoms with Gasteiger partial charge >= 0.3 is 0 Å². The van der Waals surface area contributed by atoms with Crippen LogP contribution < -0.4 is 0 Å². The van der Waals surface area contributed by atoms with E-state index in [0.717, 1.165) is 36.9 Å². The Morgan fingerprint density at radius 1 is 1.00 bits per heavy atom. The molecule has 0 aromatic heterocycles. The summed E-state index contributed by atoms with van der Waals surface area (Å²) in [5, 5.41) is 0. The van der Waals surface area contributed by atoms with Crippen LogP contribution in [0.25, 0.3) is 0 Å². The Kier molecular flexibility index (Phi) is 1.76. The van der Waals surface area contributed by atoms with Gasteiger partial charge in [-0.3, -0.25) is 0 Å². The van der Waals surface area contributed by atoms with Gasteiger partial charge in [-0.15, -0.1) is 0 Å². The molecule has 0 aromatic carbocycles. The number of allylic oxidation sites excluding steroid dienone is 2. The summed E-state index contributed by atoms with van der Waals surface area (Å²) >= 11 is 0. The molecule has 1 heterocycles. The van der Waals surface area contributed by atoms with Crippen molar-refractivity contribution in [3.8, 4) is 0 Å². The van der Waals surface area contributed by atoms with Gasteiger partial charge in [0.25, 0.3) is 0 Å². The van der Waals surface area contributed by atoms with Crippen molar-refractivity contribution in [3.05, 3.63) is 12.2 Å². The normalized spacial score (nSPS) is 49.3. The minimum Gasteiger partial charge on any atom is -0.381 e. The Hall–Kier alpha value is -0.300. The van der Waals surface area contributed by atoms with Crippen LogP contribution in [0, 0.1) is 23.7 Å². The van der Waals surface area contributed by atoms with Crippen LogP contribution in [0.3, 0.4) is 0 Å². The zero-order valence-electron chi connectivity index (χ0n) is 7.29. The Morgan fingerprint density at radius 3 is 1.91 bits per heavy atom. The van der Waals surface area contributed by atoms with Gasteiger partial charge in [-0.2, -0.15) is 0 Å². The molecule has 0 N–H and O–H groups in total. The van der Waals surface area contributed by atoms with Crippen molar-refractivity contribution >= 4 is 0 Å². The summed E-state index contributed by atoms with van der Waals surface area (Å²) in [7, 11) is 0. The predicted octanol–water partition coefficient (Wildman–Crippen LogP) is 2.09. The molecule has 4 atom stereocenters. The average Bonchev–Trinajstić information content (AvgIpc) is 2.45. The van der Waals surface area contributed by atoms with Crippen LogP contribution in [0.2, 0.25) is 0 Å². The largest absolute Gasteiger partial charge is 0.381 e. The number of rotatable bonds is 0. The SMILES string of the molecule is C[C@@H]1C=C[C@H](C)[C@@H]2COC[C@@H]21. The fourth-order valence-electron chi connectivity index (χ4n) is 2.31. The maximum absolute atomic E-state index is 5.49. The maximum atomic E-state index is 5.49. The Labute approximate surface area is 68.4 Å². The van der Waals surface area contributed by atoms with Crippen LogP contribution in [0.5, 0.6) is 0 Å². The van der Waals surface area contributed by atoms with Gasteiger partial charge in [-0.25, -0.2) is 0 Å². The highest BCUT2D eigenvalue weighted by Gasteiger charge is 2.36. The molecule has 0 radical (unpaired) electrons. The summed E-state index contributed by atoms with van der Waals surface area (Å²) in [6.45, 7) is 6.57. The highest BCUT2D eigenvalue weighted by molar-refractivity contribution is 5.04. The lowest BCUT2D eigenvalue weighted by Gasteiger charge is -2.29. The minimum atomic E-state index is 0.735. The molecule has 1 heteroatoms. The number of hydrogen-bond donors (Lipinski definition) is 0. The molecule has 1 fully saturated rings. The van der Waals surface area contributed by atoms with Crippen molar-refractivity contribution in [2.75, 3.05) is 13.2 Å². The van der Waals surface area contributed by atoms with E-state index in [1.165, 1.54) is 0 Å². The molecule has 1 saturated heterocycles. The van der Waals surface area contributed by atoms with Crippen LogP contribution in [0.4, 0.5) is 0 Å². The standard InChI is InChI=1S/C10H16O/c1-7-3-4-8(2)10-6-11-5-9(7)10/h3-4,7-10H,5-6H2,1-2H3/t7-,8+,9-,10+. The van der Waals surface area contributed by atoms with Gasteiger partial charge in [0.2, 0.25) is 0 Å². The number of fused-ring (bicyclic) bond motifs is 1. The Bertz CT molecular complexity index is 156. The Morgan fingerprint density at radius 2 is 1.45 bits per heavy atom. The molecule has 1 aliphatic carbocycles. The molecule has 0 bridgehead atoms. The van der Waals surface area contributed by atoms with Crippen LogP contribution in [-0.4, -0.2) is 13.2 Å². The molecule has 0 aromatic rings. The molecule has 1 aliphatic heterocycles. The lowest BCUT2D eigenvalue weighted by atomic mass is 9.74. The van der Waals surface area contributed by atoms with Gasteiger partial charge in [0, 0.05) is 0 Å². The molecule has 11 heavy (non-hydrogen) atoms. The molecule has 0 spiro atoms. The zero-order valence-corrected chi connectivity index (χ0v) is 7.29. The number of ether oxygens (including phenoxy) is 1. The lowest BCUT2D eigenvalue weighted by molar-refractivity contribution is 0.175. The molecule has 0 amide bonds. The van der Waals surface area contributed by atoms with E-state index in [1.807, 2.05) is 0 Å². The predicted molar refractivity (Wildman–Crippen MR) is 45.3 cm³/mol. The molecule has 2 aliphatic rings. The van der Waals surface area contributed by atoms with Gasteiger partial charge in [0.05, 0.1) is 13.2 Å². The second-order valence-corrected chi connectivity index (χ2v) is 3.97. The quantitative estimate of drug-likeness (QED) is 0.483. The Balaban J connectivity index is 2.18. The summed E-state index contributed by atoms with van der Waals surface area (Å²) in [6, 6.07) is 0. The number of hydrogen-bond acceptors (Lipinski definition) is 1. The van der Waals surface area contributed by atoms with Crippen LogP contribution in [0.15, 0.2) is 12.2 Å². The second kappa shape index (κ2) is 2.63. The zero-order chi connectivity index (χ0) is 7.84. The van der Waals surface area contributed by atoms with Crippen molar-refractivity contribution in [2.45, 2.75) is 13.8 Å². The molecule has 1 nitrogen and oxygen atoms in total. The first-order valence-corrected chi connectivity index (χ1v) is 4.55. The highest BCUT2D eigenvalue weighted by Crippen LogP contribution is 2.37. The molecule has 62 valence electrons. The van der Waals surface area contributed by atoms with Crippen molar-refractivity contribution in [1.29, 1.82) is 0 Å². The topological polar surface area (TPSA) is 9.23 Å². The van der Waals surface area contributed by atoms with Crippen molar-refractivity contribution in [1.82, 2.24) is 0 Å². The third-order valence-corrected chi connectivity index (χ3v) is 3.24. The van der Waals surface area contributed by atoms with E-state index >= 15 is 0 Å². The van der Waals surface area contributed by atoms with Gasteiger partial charge < -0.3 is 4.74 Å². The summed E-state index contributed by atoms with van der Waals surface area (Å²) in [6.07, 6.45) is 4.70. The van der Waals surface area contributed by atoms with Crippen LogP contribution >= 0.6 is 0 Å². The lowest BCUT2D eigenvalue weighted by Crippen LogP contribution is -2.27. The summed E-state index contributed by atoms with van der Waals surface area (Å²) in [5.74, 6) is 3.07. The fourth-order valence-corrected chi connectivity index (χ4v) is 2.31. The van der Waals surface area contributed by atoms with Gasteiger partial charge in [0.1, 0.15) is 0 Å². The summed E-state index contributed by atoms with van der Waals surface area (Å²) < 4.78 is 5.49. The van der Waals surface area contributed by atoms with E-state index in [-0.39, 0.29) is 0 Å². The van der Waals surface area contributed by atoms with Crippen molar-refractivity contribution in [2.24, 2.45) is 23.7 Å². The van der Waals surface area contributed by atoms with E-state index in [2.05, 4.69) is 26.0 Å². The fraction of sp³-hybridized carbons (Fsp3) is 0.800. The van der Waals surface area contributed by atoms with E-state index in [0.29, 0.717) is 0 Å². The van der Waals surface area contributed by atoms with Gasteiger partial charge in [-0.05, 0) is 23.7 Å². The third kappa shape index (κ3) is 1.12. The van der Waals surface area contributed by atoms with Crippen LogP contribution in [0.1, 0.15) is 13.8 Å². The van der Waals surface area contributed by atoms with E-state index in [1.54, 1.807) is 0 Å². The van der Waals surface area contributed by atoms with E-state index in [9.17, 15) is 0 Å². The van der Waals surface area contributed by atoms with Gasteiger partial charge in [-0.1, -0.05) is 26.0 Å². The first kappa shape index (κ1) is 7.35. The molecule has 0 saturated carbocycles. The van der Waals surface area contributed by atoms with E-state index < -0.39 is 0 Å². The van der Waals surface area contributed by atoms with Crippen molar-refractivity contribution < 1.29 is 4.74 Å². The average molecular weight is 152 g/mol.